The summed E-state index contributed by atoms with van der Waals surface area (Å²) in [5, 5.41) is 0.688. The van der Waals surface area contributed by atoms with Crippen molar-refractivity contribution in [3.05, 3.63) is 42.0 Å². The fourth-order valence-corrected chi connectivity index (χ4v) is 4.54. The van der Waals surface area contributed by atoms with Gasteiger partial charge >= 0.3 is 0 Å². The van der Waals surface area contributed by atoms with Crippen LogP contribution in [0.25, 0.3) is 10.2 Å². The van der Waals surface area contributed by atoms with Crippen LogP contribution in [0.1, 0.15) is 24.2 Å². The molecule has 9 heteroatoms. The second kappa shape index (κ2) is 10.4. The highest BCUT2D eigenvalue weighted by molar-refractivity contribution is 7.22. The van der Waals surface area contributed by atoms with Crippen LogP contribution in [-0.4, -0.2) is 62.9 Å². The molecule has 0 saturated carbocycles. The summed E-state index contributed by atoms with van der Waals surface area (Å²) in [5.74, 6) is 1.38. The number of carbonyl (C=O) groups excluding carboxylic acids is 1. The molecule has 0 fully saturated rings. The molecule has 7 nitrogen and oxygen atoms in total. The molecule has 1 aliphatic heterocycles. The predicted molar refractivity (Wildman–Crippen MR) is 133 cm³/mol. The number of amides is 1. The second-order valence-corrected chi connectivity index (χ2v) is 8.60. The Morgan fingerprint density at radius 3 is 2.31 bits per heavy atom. The number of thiazole rings is 1. The zero-order valence-electron chi connectivity index (χ0n) is 18.8. The lowest BCUT2D eigenvalue weighted by atomic mass is 10.1. The molecule has 2 heterocycles. The topological polar surface area (TPSA) is 58.1 Å². The number of fused-ring (bicyclic) bond motifs is 2. The van der Waals surface area contributed by atoms with Crippen molar-refractivity contribution in [1.29, 1.82) is 0 Å². The van der Waals surface area contributed by atoms with Crippen molar-refractivity contribution < 1.29 is 14.3 Å². The summed E-state index contributed by atoms with van der Waals surface area (Å²) in [6.45, 7) is 7.74. The Balaban J connectivity index is 0.00000289. The van der Waals surface area contributed by atoms with Gasteiger partial charge in [-0.3, -0.25) is 9.69 Å². The number of hydrogen-bond donors (Lipinski definition) is 0. The van der Waals surface area contributed by atoms with Gasteiger partial charge in [-0.1, -0.05) is 25.2 Å². The van der Waals surface area contributed by atoms with E-state index in [1.807, 2.05) is 55.4 Å². The van der Waals surface area contributed by atoms with Gasteiger partial charge in [-0.15, -0.1) is 12.4 Å². The molecule has 0 radical (unpaired) electrons. The van der Waals surface area contributed by atoms with E-state index in [-0.39, 0.29) is 25.1 Å². The standard InChI is InChI=1S/C23H28N4O3S.ClH/c1-5-26(6-2)11-12-27(22(28)16-7-9-17(10-8-16)25(3)4)23-24-18-13-19-20(30-15-29-19)14-21(18)31-23;/h7-10,13-14H,5-6,11-12,15H2,1-4H3;1H. The predicted octanol–water partition coefficient (Wildman–Crippen LogP) is 4.50. The Labute approximate surface area is 198 Å². The molecule has 1 aromatic heterocycles. The molecule has 0 bridgehead atoms. The maximum Gasteiger partial charge on any atom is 0.260 e. The number of carbonyl (C=O) groups is 1. The lowest BCUT2D eigenvalue weighted by Gasteiger charge is -2.25. The van der Waals surface area contributed by atoms with Gasteiger partial charge < -0.3 is 19.3 Å². The van der Waals surface area contributed by atoms with Gasteiger partial charge in [0.25, 0.3) is 5.91 Å². The van der Waals surface area contributed by atoms with E-state index in [2.05, 4.69) is 18.7 Å². The summed E-state index contributed by atoms with van der Waals surface area (Å²) in [7, 11) is 3.97. The van der Waals surface area contributed by atoms with Gasteiger partial charge in [0.15, 0.2) is 16.6 Å². The Hall–Kier alpha value is -2.55. The van der Waals surface area contributed by atoms with E-state index in [0.717, 1.165) is 41.3 Å². The van der Waals surface area contributed by atoms with Crippen molar-refractivity contribution in [2.24, 2.45) is 0 Å². The van der Waals surface area contributed by atoms with Crippen molar-refractivity contribution in [3.63, 3.8) is 0 Å². The number of nitrogens with zero attached hydrogens (tertiary/aromatic N) is 4. The quantitative estimate of drug-likeness (QED) is 0.477. The van der Waals surface area contributed by atoms with Crippen LogP contribution in [-0.2, 0) is 0 Å². The van der Waals surface area contributed by atoms with Crippen LogP contribution in [0.3, 0.4) is 0 Å². The first-order chi connectivity index (χ1) is 15.0. The molecule has 0 N–H and O–H groups in total. The number of ether oxygens (including phenoxy) is 2. The molecule has 0 saturated heterocycles. The highest BCUT2D eigenvalue weighted by Gasteiger charge is 2.24. The SMILES string of the molecule is CCN(CC)CCN(C(=O)c1ccc(N(C)C)cc1)c1nc2cc3c(cc2s1)OCO3.Cl. The van der Waals surface area contributed by atoms with E-state index in [9.17, 15) is 4.79 Å². The first kappa shape index (κ1) is 24.1. The fraction of sp³-hybridized carbons (Fsp3) is 0.391. The molecule has 0 atom stereocenters. The number of halogens is 1. The number of hydrogen-bond acceptors (Lipinski definition) is 7. The van der Waals surface area contributed by atoms with Crippen molar-refractivity contribution in [1.82, 2.24) is 9.88 Å². The van der Waals surface area contributed by atoms with Crippen molar-refractivity contribution in [2.45, 2.75) is 13.8 Å². The minimum atomic E-state index is -0.0449. The Kier molecular flexibility index (Phi) is 7.82. The normalized spacial score (nSPS) is 12.2. The van der Waals surface area contributed by atoms with Gasteiger partial charge in [0, 0.05) is 50.6 Å². The van der Waals surface area contributed by atoms with Crippen LogP contribution in [0.4, 0.5) is 10.8 Å². The minimum absolute atomic E-state index is 0. The third-order valence-electron chi connectivity index (χ3n) is 5.51. The summed E-state index contributed by atoms with van der Waals surface area (Å²) in [6.07, 6.45) is 0. The van der Waals surface area contributed by atoms with Crippen LogP contribution in [0.5, 0.6) is 11.5 Å². The Morgan fingerprint density at radius 1 is 1.03 bits per heavy atom. The lowest BCUT2D eigenvalue weighted by molar-refractivity contribution is 0.0984. The van der Waals surface area contributed by atoms with E-state index in [1.165, 1.54) is 11.3 Å². The summed E-state index contributed by atoms with van der Waals surface area (Å²) >= 11 is 1.50. The monoisotopic (exact) mass is 476 g/mol. The highest BCUT2D eigenvalue weighted by atomic mass is 35.5. The minimum Gasteiger partial charge on any atom is -0.454 e. The van der Waals surface area contributed by atoms with Crippen LogP contribution in [0.2, 0.25) is 0 Å². The average Bonchev–Trinajstić information content (AvgIpc) is 3.40. The molecule has 172 valence electrons. The zero-order chi connectivity index (χ0) is 22.0. The van der Waals surface area contributed by atoms with Gasteiger partial charge in [-0.2, -0.15) is 0 Å². The van der Waals surface area contributed by atoms with Gasteiger partial charge in [0.2, 0.25) is 6.79 Å². The molecular weight excluding hydrogens is 448 g/mol. The molecule has 2 aromatic carbocycles. The van der Waals surface area contributed by atoms with E-state index in [0.29, 0.717) is 23.0 Å². The van der Waals surface area contributed by atoms with Crippen LogP contribution >= 0.6 is 23.7 Å². The second-order valence-electron chi connectivity index (χ2n) is 7.59. The average molecular weight is 477 g/mol. The van der Waals surface area contributed by atoms with Gasteiger partial charge in [0.1, 0.15) is 0 Å². The third kappa shape index (κ3) is 4.92. The largest absolute Gasteiger partial charge is 0.454 e. The number of anilines is 2. The number of likely N-dealkylation sites (N-methyl/N-ethyl adjacent to an activating group) is 1. The van der Waals surface area contributed by atoms with Crippen molar-refractivity contribution in [2.75, 3.05) is 56.9 Å². The summed E-state index contributed by atoms with van der Waals surface area (Å²) in [4.78, 5) is 24.4. The summed E-state index contributed by atoms with van der Waals surface area (Å²) < 4.78 is 12.0. The summed E-state index contributed by atoms with van der Waals surface area (Å²) in [5.41, 5.74) is 2.52. The highest BCUT2D eigenvalue weighted by Crippen LogP contribution is 2.40. The van der Waals surface area contributed by atoms with Gasteiger partial charge in [-0.25, -0.2) is 4.98 Å². The molecule has 1 aliphatic rings. The molecular formula is C23H29ClN4O3S. The first-order valence-electron chi connectivity index (χ1n) is 10.5. The lowest BCUT2D eigenvalue weighted by Crippen LogP contribution is -2.38. The Bertz CT molecular complexity index is 1030. The summed E-state index contributed by atoms with van der Waals surface area (Å²) in [6, 6.07) is 11.5. The molecule has 0 spiro atoms. The Morgan fingerprint density at radius 2 is 1.69 bits per heavy atom. The number of aromatic nitrogens is 1. The maximum absolute atomic E-state index is 13.5. The van der Waals surface area contributed by atoms with Crippen LogP contribution < -0.4 is 19.3 Å². The molecule has 4 rings (SSSR count). The van der Waals surface area contributed by atoms with E-state index in [1.54, 1.807) is 4.90 Å². The van der Waals surface area contributed by atoms with E-state index < -0.39 is 0 Å². The van der Waals surface area contributed by atoms with Crippen molar-refractivity contribution >= 4 is 50.7 Å². The molecule has 1 amide bonds. The van der Waals surface area contributed by atoms with Crippen LogP contribution in [0, 0.1) is 0 Å². The van der Waals surface area contributed by atoms with Gasteiger partial charge in [0.05, 0.1) is 10.2 Å². The first-order valence-corrected chi connectivity index (χ1v) is 11.3. The van der Waals surface area contributed by atoms with Crippen molar-refractivity contribution in [3.8, 4) is 11.5 Å². The smallest absolute Gasteiger partial charge is 0.260 e. The van der Waals surface area contributed by atoms with E-state index >= 15 is 0 Å². The zero-order valence-corrected chi connectivity index (χ0v) is 20.5. The molecule has 3 aromatic rings. The van der Waals surface area contributed by atoms with E-state index in [4.69, 9.17) is 14.5 Å². The number of rotatable bonds is 8. The van der Waals surface area contributed by atoms with Crippen LogP contribution in [0.15, 0.2) is 36.4 Å². The fourth-order valence-electron chi connectivity index (χ4n) is 3.54. The van der Waals surface area contributed by atoms with Gasteiger partial charge in [-0.05, 0) is 37.4 Å². The number of benzene rings is 2. The molecule has 32 heavy (non-hydrogen) atoms. The third-order valence-corrected chi connectivity index (χ3v) is 6.55. The molecule has 0 unspecified atom stereocenters. The molecule has 0 aliphatic carbocycles. The maximum atomic E-state index is 13.5.